The van der Waals surface area contributed by atoms with Crippen molar-refractivity contribution < 1.29 is 5.11 Å². The van der Waals surface area contributed by atoms with Crippen LogP contribution in [0.2, 0.25) is 0 Å². The average Bonchev–Trinajstić information content (AvgIpc) is 2.24. The van der Waals surface area contributed by atoms with Crippen LogP contribution < -0.4 is 11.1 Å². The van der Waals surface area contributed by atoms with Crippen LogP contribution in [0, 0.1) is 13.8 Å². The molecular formula is C14H24N2O. The molecule has 0 saturated carbocycles. The lowest BCUT2D eigenvalue weighted by Gasteiger charge is -2.23. The van der Waals surface area contributed by atoms with Crippen molar-refractivity contribution in [3.8, 4) is 0 Å². The van der Waals surface area contributed by atoms with Gasteiger partial charge in [-0.3, -0.25) is 0 Å². The first-order valence-corrected chi connectivity index (χ1v) is 6.22. The highest BCUT2D eigenvalue weighted by atomic mass is 16.3. The van der Waals surface area contributed by atoms with Crippen LogP contribution in [0.1, 0.15) is 36.1 Å². The second-order valence-electron chi connectivity index (χ2n) is 4.79. The molecule has 3 nitrogen and oxygen atoms in total. The van der Waals surface area contributed by atoms with E-state index >= 15 is 0 Å². The largest absolute Gasteiger partial charge is 0.396 e. The fraction of sp³-hybridized carbons (Fsp3) is 0.571. The summed E-state index contributed by atoms with van der Waals surface area (Å²) in [5.74, 6) is 0. The Labute approximate surface area is 104 Å². The van der Waals surface area contributed by atoms with Crippen LogP contribution in [0.3, 0.4) is 0 Å². The van der Waals surface area contributed by atoms with Gasteiger partial charge in [0, 0.05) is 25.2 Å². The third kappa shape index (κ3) is 4.46. The van der Waals surface area contributed by atoms with Gasteiger partial charge >= 0.3 is 0 Å². The molecule has 0 radical (unpaired) electrons. The lowest BCUT2D eigenvalue weighted by atomic mass is 10.0. The van der Waals surface area contributed by atoms with E-state index in [1.165, 1.54) is 16.7 Å². The standard InChI is InChI=1S/C14H24N2O/c1-10-6-11(2)8-13(7-10)14(9-15)16-12(3)4-5-17/h6-8,12,14,16-17H,4-5,9,15H2,1-3H3. The van der Waals surface area contributed by atoms with E-state index in [0.717, 1.165) is 6.42 Å². The van der Waals surface area contributed by atoms with Gasteiger partial charge in [0.25, 0.3) is 0 Å². The highest BCUT2D eigenvalue weighted by Crippen LogP contribution is 2.17. The molecule has 0 aliphatic heterocycles. The minimum absolute atomic E-state index is 0.162. The summed E-state index contributed by atoms with van der Waals surface area (Å²) in [7, 11) is 0. The summed E-state index contributed by atoms with van der Waals surface area (Å²) in [5, 5.41) is 12.4. The zero-order valence-electron chi connectivity index (χ0n) is 11.0. The molecule has 0 heterocycles. The van der Waals surface area contributed by atoms with E-state index in [-0.39, 0.29) is 18.7 Å². The van der Waals surface area contributed by atoms with E-state index < -0.39 is 0 Å². The van der Waals surface area contributed by atoms with Gasteiger partial charge in [0.1, 0.15) is 0 Å². The lowest BCUT2D eigenvalue weighted by molar-refractivity contribution is 0.263. The molecule has 3 heteroatoms. The second-order valence-corrected chi connectivity index (χ2v) is 4.79. The average molecular weight is 236 g/mol. The number of aliphatic hydroxyl groups excluding tert-OH is 1. The number of hydrogen-bond donors (Lipinski definition) is 3. The Morgan fingerprint density at radius 3 is 2.29 bits per heavy atom. The van der Waals surface area contributed by atoms with Crippen molar-refractivity contribution in [2.24, 2.45) is 5.73 Å². The third-order valence-electron chi connectivity index (χ3n) is 2.93. The van der Waals surface area contributed by atoms with Crippen molar-refractivity contribution in [2.75, 3.05) is 13.2 Å². The molecule has 1 aromatic carbocycles. The minimum Gasteiger partial charge on any atom is -0.396 e. The second kappa shape index (κ2) is 6.74. The summed E-state index contributed by atoms with van der Waals surface area (Å²) in [6, 6.07) is 6.94. The Kier molecular flexibility index (Phi) is 5.62. The maximum atomic E-state index is 8.91. The van der Waals surface area contributed by atoms with Gasteiger partial charge in [-0.1, -0.05) is 29.3 Å². The fourth-order valence-electron chi connectivity index (χ4n) is 2.13. The highest BCUT2D eigenvalue weighted by Gasteiger charge is 2.13. The first-order chi connectivity index (χ1) is 8.06. The van der Waals surface area contributed by atoms with Crippen LogP contribution in [-0.2, 0) is 0 Å². The molecule has 96 valence electrons. The Bertz CT molecular complexity index is 332. The summed E-state index contributed by atoms with van der Waals surface area (Å²) in [6.07, 6.45) is 0.751. The molecular weight excluding hydrogens is 212 g/mol. The van der Waals surface area contributed by atoms with Gasteiger partial charge in [-0.05, 0) is 32.8 Å². The predicted octanol–water partition coefficient (Wildman–Crippen LogP) is 1.66. The van der Waals surface area contributed by atoms with Crippen LogP contribution in [0.4, 0.5) is 0 Å². The van der Waals surface area contributed by atoms with Crippen molar-refractivity contribution in [2.45, 2.75) is 39.3 Å². The Hall–Kier alpha value is -0.900. The Morgan fingerprint density at radius 2 is 1.82 bits per heavy atom. The predicted molar refractivity (Wildman–Crippen MR) is 72.0 cm³/mol. The van der Waals surface area contributed by atoms with Gasteiger partial charge in [0.2, 0.25) is 0 Å². The molecule has 17 heavy (non-hydrogen) atoms. The topological polar surface area (TPSA) is 58.3 Å². The Morgan fingerprint density at radius 1 is 1.24 bits per heavy atom. The molecule has 1 aromatic rings. The molecule has 1 rings (SSSR count). The minimum atomic E-state index is 0.162. The van der Waals surface area contributed by atoms with Crippen LogP contribution >= 0.6 is 0 Å². The van der Waals surface area contributed by atoms with Crippen molar-refractivity contribution in [1.29, 1.82) is 0 Å². The number of aliphatic hydroxyl groups is 1. The van der Waals surface area contributed by atoms with Gasteiger partial charge in [-0.2, -0.15) is 0 Å². The molecule has 4 N–H and O–H groups in total. The molecule has 0 saturated heterocycles. The SMILES string of the molecule is Cc1cc(C)cc(C(CN)NC(C)CCO)c1. The quantitative estimate of drug-likeness (QED) is 0.704. The molecule has 0 aliphatic carbocycles. The van der Waals surface area contributed by atoms with Crippen LogP contribution in [0.5, 0.6) is 0 Å². The number of rotatable bonds is 6. The molecule has 2 unspecified atom stereocenters. The van der Waals surface area contributed by atoms with E-state index in [0.29, 0.717) is 6.54 Å². The van der Waals surface area contributed by atoms with Crippen LogP contribution in [0.25, 0.3) is 0 Å². The lowest BCUT2D eigenvalue weighted by Crippen LogP contribution is -2.35. The van der Waals surface area contributed by atoms with Crippen LogP contribution in [-0.4, -0.2) is 24.3 Å². The third-order valence-corrected chi connectivity index (χ3v) is 2.93. The van der Waals surface area contributed by atoms with Crippen molar-refractivity contribution in [3.05, 3.63) is 34.9 Å². The summed E-state index contributed by atoms with van der Waals surface area (Å²) < 4.78 is 0. The number of nitrogens with two attached hydrogens (primary N) is 1. The molecule has 0 fully saturated rings. The van der Waals surface area contributed by atoms with Crippen LogP contribution in [0.15, 0.2) is 18.2 Å². The van der Waals surface area contributed by atoms with Crippen molar-refractivity contribution in [1.82, 2.24) is 5.32 Å². The van der Waals surface area contributed by atoms with E-state index in [1.54, 1.807) is 0 Å². The van der Waals surface area contributed by atoms with Gasteiger partial charge in [0.15, 0.2) is 0 Å². The van der Waals surface area contributed by atoms with E-state index in [1.807, 2.05) is 0 Å². The van der Waals surface area contributed by atoms with Crippen molar-refractivity contribution in [3.63, 3.8) is 0 Å². The smallest absolute Gasteiger partial charge is 0.0446 e. The zero-order valence-corrected chi connectivity index (χ0v) is 11.0. The van der Waals surface area contributed by atoms with E-state index in [2.05, 4.69) is 44.3 Å². The summed E-state index contributed by atoms with van der Waals surface area (Å²) in [4.78, 5) is 0. The van der Waals surface area contributed by atoms with Gasteiger partial charge < -0.3 is 16.2 Å². The fourth-order valence-corrected chi connectivity index (χ4v) is 2.13. The molecule has 0 bridgehead atoms. The summed E-state index contributed by atoms with van der Waals surface area (Å²) in [5.41, 5.74) is 9.57. The monoisotopic (exact) mass is 236 g/mol. The van der Waals surface area contributed by atoms with Gasteiger partial charge in [-0.25, -0.2) is 0 Å². The van der Waals surface area contributed by atoms with E-state index in [4.69, 9.17) is 10.8 Å². The number of aryl methyl sites for hydroxylation is 2. The molecule has 0 spiro atoms. The molecule has 0 aromatic heterocycles. The maximum Gasteiger partial charge on any atom is 0.0446 e. The maximum absolute atomic E-state index is 8.91. The molecule has 2 atom stereocenters. The normalized spacial score (nSPS) is 14.6. The number of nitrogens with one attached hydrogen (secondary N) is 1. The number of benzene rings is 1. The first kappa shape index (κ1) is 14.2. The van der Waals surface area contributed by atoms with Crippen molar-refractivity contribution >= 4 is 0 Å². The zero-order chi connectivity index (χ0) is 12.8. The highest BCUT2D eigenvalue weighted by molar-refractivity contribution is 5.30. The summed E-state index contributed by atoms with van der Waals surface area (Å²) >= 11 is 0. The summed E-state index contributed by atoms with van der Waals surface area (Å²) in [6.45, 7) is 7.04. The van der Waals surface area contributed by atoms with Gasteiger partial charge in [-0.15, -0.1) is 0 Å². The Balaban J connectivity index is 2.78. The van der Waals surface area contributed by atoms with E-state index in [9.17, 15) is 0 Å². The van der Waals surface area contributed by atoms with Gasteiger partial charge in [0.05, 0.1) is 0 Å². The molecule has 0 aliphatic rings. The first-order valence-electron chi connectivity index (χ1n) is 6.22. The molecule has 0 amide bonds. The number of hydrogen-bond acceptors (Lipinski definition) is 3.